The van der Waals surface area contributed by atoms with E-state index in [1.165, 1.54) is 7.11 Å². The molecule has 0 radical (unpaired) electrons. The van der Waals surface area contributed by atoms with Gasteiger partial charge in [-0.05, 0) is 60.5 Å². The standard InChI is InChI=1S/C27H29Cl3N4O3/c1-27(36,19-9-10-31-25(13-19)32-26(35)16-37-2)17-33-11-12-34(23-8-7-21(29)14-22(23)30)24(15-33)18-3-5-20(28)6-4-18/h3-10,13-14,24,36H,11-12,15-17H2,1-2H3,(H,31,32,35)/t24-,27+/m0/s1. The predicted molar refractivity (Wildman–Crippen MR) is 149 cm³/mol. The molecule has 37 heavy (non-hydrogen) atoms. The number of nitrogens with zero attached hydrogens (tertiary/aromatic N) is 3. The van der Waals surface area contributed by atoms with Crippen molar-refractivity contribution in [3.63, 3.8) is 0 Å². The number of aliphatic hydroxyl groups is 1. The van der Waals surface area contributed by atoms with E-state index in [4.69, 9.17) is 39.5 Å². The highest BCUT2D eigenvalue weighted by molar-refractivity contribution is 6.36. The second-order valence-electron chi connectivity index (χ2n) is 9.28. The molecule has 0 aliphatic carbocycles. The lowest BCUT2D eigenvalue weighted by Gasteiger charge is -2.45. The summed E-state index contributed by atoms with van der Waals surface area (Å²) in [7, 11) is 1.45. The molecule has 7 nitrogen and oxygen atoms in total. The van der Waals surface area contributed by atoms with E-state index in [1.54, 1.807) is 31.3 Å². The minimum atomic E-state index is -1.19. The number of methoxy groups -OCH3 is 1. The number of amides is 1. The summed E-state index contributed by atoms with van der Waals surface area (Å²) in [4.78, 5) is 20.6. The molecule has 0 spiro atoms. The molecular weight excluding hydrogens is 535 g/mol. The van der Waals surface area contributed by atoms with Crippen LogP contribution in [0.4, 0.5) is 11.5 Å². The second-order valence-corrected chi connectivity index (χ2v) is 10.6. The van der Waals surface area contributed by atoms with Crippen LogP contribution in [0.15, 0.2) is 60.8 Å². The van der Waals surface area contributed by atoms with Gasteiger partial charge in [-0.2, -0.15) is 0 Å². The molecule has 2 atom stereocenters. The Bertz CT molecular complexity index is 1240. The molecule has 1 aliphatic heterocycles. The van der Waals surface area contributed by atoms with Crippen molar-refractivity contribution in [2.75, 3.05) is 50.1 Å². The molecule has 196 valence electrons. The summed E-state index contributed by atoms with van der Waals surface area (Å²) in [5, 5.41) is 16.0. The number of carbonyl (C=O) groups excluding carboxylic acids is 1. The number of nitrogens with one attached hydrogen (secondary N) is 1. The van der Waals surface area contributed by atoms with Crippen LogP contribution in [0.25, 0.3) is 0 Å². The first-order valence-corrected chi connectivity index (χ1v) is 13.0. The Hall–Kier alpha value is -2.39. The lowest BCUT2D eigenvalue weighted by molar-refractivity contribution is -0.119. The molecule has 1 amide bonds. The third-order valence-electron chi connectivity index (χ3n) is 6.39. The first-order chi connectivity index (χ1) is 17.7. The molecule has 10 heteroatoms. The maximum Gasteiger partial charge on any atom is 0.251 e. The second kappa shape index (κ2) is 12.0. The quantitative estimate of drug-likeness (QED) is 0.382. The summed E-state index contributed by atoms with van der Waals surface area (Å²) in [6, 6.07) is 16.7. The molecule has 0 saturated carbocycles. The zero-order valence-electron chi connectivity index (χ0n) is 20.6. The SMILES string of the molecule is COCC(=O)Nc1cc([C@](C)(O)CN2CCN(c3ccc(Cl)cc3Cl)[C@H](c3ccc(Cl)cc3)C2)ccn1. The van der Waals surface area contributed by atoms with Crippen molar-refractivity contribution in [3.8, 4) is 0 Å². The van der Waals surface area contributed by atoms with E-state index in [0.29, 0.717) is 52.6 Å². The van der Waals surface area contributed by atoms with Crippen LogP contribution >= 0.6 is 34.8 Å². The summed E-state index contributed by atoms with van der Waals surface area (Å²) in [6.07, 6.45) is 1.57. The van der Waals surface area contributed by atoms with E-state index in [2.05, 4.69) is 20.1 Å². The Labute approximate surface area is 231 Å². The van der Waals surface area contributed by atoms with Crippen LogP contribution in [-0.2, 0) is 15.1 Å². The summed E-state index contributed by atoms with van der Waals surface area (Å²) in [5.74, 6) is 0.0515. The maximum absolute atomic E-state index is 11.9. The van der Waals surface area contributed by atoms with Gasteiger partial charge in [-0.25, -0.2) is 4.98 Å². The van der Waals surface area contributed by atoms with E-state index in [1.807, 2.05) is 36.4 Å². The van der Waals surface area contributed by atoms with Gasteiger partial charge >= 0.3 is 0 Å². The summed E-state index contributed by atoms with van der Waals surface area (Å²) in [5.41, 5.74) is 1.46. The zero-order valence-corrected chi connectivity index (χ0v) is 22.9. The number of ether oxygens (including phenoxy) is 1. The van der Waals surface area contributed by atoms with Gasteiger partial charge in [0.15, 0.2) is 0 Å². The van der Waals surface area contributed by atoms with Crippen LogP contribution in [0.2, 0.25) is 15.1 Å². The van der Waals surface area contributed by atoms with E-state index >= 15 is 0 Å². The number of halogens is 3. The fourth-order valence-electron chi connectivity index (χ4n) is 4.63. The average molecular weight is 564 g/mol. The molecule has 4 rings (SSSR count). The third kappa shape index (κ3) is 6.93. The summed E-state index contributed by atoms with van der Waals surface area (Å²) >= 11 is 18.9. The summed E-state index contributed by atoms with van der Waals surface area (Å²) < 4.78 is 4.86. The van der Waals surface area contributed by atoms with E-state index in [-0.39, 0.29) is 18.6 Å². The van der Waals surface area contributed by atoms with Crippen LogP contribution in [0.3, 0.4) is 0 Å². The van der Waals surface area contributed by atoms with Gasteiger partial charge in [-0.1, -0.05) is 46.9 Å². The highest BCUT2D eigenvalue weighted by Crippen LogP contribution is 2.37. The van der Waals surface area contributed by atoms with Crippen molar-refractivity contribution in [2.45, 2.75) is 18.6 Å². The van der Waals surface area contributed by atoms with Crippen LogP contribution in [0.5, 0.6) is 0 Å². The number of piperazine rings is 1. The van der Waals surface area contributed by atoms with Crippen molar-refractivity contribution in [1.29, 1.82) is 0 Å². The maximum atomic E-state index is 11.9. The predicted octanol–water partition coefficient (Wildman–Crippen LogP) is 5.40. The Balaban J connectivity index is 1.56. The Kier molecular flexibility index (Phi) is 8.95. The molecular formula is C27H29Cl3N4O3. The summed E-state index contributed by atoms with van der Waals surface area (Å²) in [6.45, 7) is 4.13. The van der Waals surface area contributed by atoms with Crippen LogP contribution in [0.1, 0.15) is 24.1 Å². The molecule has 0 unspecified atom stereocenters. The van der Waals surface area contributed by atoms with Gasteiger partial charge in [0.05, 0.1) is 22.4 Å². The smallest absolute Gasteiger partial charge is 0.251 e. The van der Waals surface area contributed by atoms with Crippen LogP contribution < -0.4 is 10.2 Å². The number of rotatable bonds is 8. The Morgan fingerprint density at radius 2 is 1.84 bits per heavy atom. The number of β-amino-alcohol motifs (C(OH)–C–C–N with tert-alkyl or cyclic N) is 1. The monoisotopic (exact) mass is 562 g/mol. The van der Waals surface area contributed by atoms with E-state index < -0.39 is 5.60 Å². The van der Waals surface area contributed by atoms with Crippen LogP contribution in [0, 0.1) is 0 Å². The number of hydrogen-bond acceptors (Lipinski definition) is 6. The largest absolute Gasteiger partial charge is 0.384 e. The molecule has 2 heterocycles. The fraction of sp³-hybridized carbons (Fsp3) is 0.333. The number of aromatic nitrogens is 1. The molecule has 1 saturated heterocycles. The molecule has 1 aromatic heterocycles. The molecule has 2 N–H and O–H groups in total. The first kappa shape index (κ1) is 27.6. The zero-order chi connectivity index (χ0) is 26.6. The van der Waals surface area contributed by atoms with Gasteiger partial charge < -0.3 is 20.1 Å². The van der Waals surface area contributed by atoms with E-state index in [9.17, 15) is 9.90 Å². The lowest BCUT2D eigenvalue weighted by Crippen LogP contribution is -2.52. The number of pyridine rings is 1. The Morgan fingerprint density at radius 1 is 1.11 bits per heavy atom. The van der Waals surface area contributed by atoms with Crippen molar-refractivity contribution < 1.29 is 14.6 Å². The number of carbonyl (C=O) groups is 1. The van der Waals surface area contributed by atoms with Gasteiger partial charge in [0, 0.05) is 49.5 Å². The van der Waals surface area contributed by atoms with Gasteiger partial charge in [-0.3, -0.25) is 9.69 Å². The number of anilines is 2. The van der Waals surface area contributed by atoms with Crippen molar-refractivity contribution in [3.05, 3.63) is 87.0 Å². The number of benzene rings is 2. The van der Waals surface area contributed by atoms with Crippen molar-refractivity contribution in [2.24, 2.45) is 0 Å². The van der Waals surface area contributed by atoms with E-state index in [0.717, 1.165) is 11.3 Å². The normalized spacial score (nSPS) is 17.9. The highest BCUT2D eigenvalue weighted by Gasteiger charge is 2.34. The Morgan fingerprint density at radius 3 is 2.54 bits per heavy atom. The van der Waals surface area contributed by atoms with Gasteiger partial charge in [-0.15, -0.1) is 0 Å². The minimum Gasteiger partial charge on any atom is -0.384 e. The first-order valence-electron chi connectivity index (χ1n) is 11.8. The van der Waals surface area contributed by atoms with Crippen molar-refractivity contribution in [1.82, 2.24) is 9.88 Å². The van der Waals surface area contributed by atoms with Gasteiger partial charge in [0.25, 0.3) is 5.91 Å². The molecule has 1 aliphatic rings. The lowest BCUT2D eigenvalue weighted by atomic mass is 9.94. The molecule has 1 fully saturated rings. The van der Waals surface area contributed by atoms with Gasteiger partial charge in [0.1, 0.15) is 12.4 Å². The third-order valence-corrected chi connectivity index (χ3v) is 7.18. The van der Waals surface area contributed by atoms with Crippen LogP contribution in [-0.4, -0.2) is 60.8 Å². The van der Waals surface area contributed by atoms with Gasteiger partial charge in [0.2, 0.25) is 0 Å². The molecule has 0 bridgehead atoms. The molecule has 2 aromatic carbocycles. The highest BCUT2D eigenvalue weighted by atomic mass is 35.5. The molecule has 3 aromatic rings. The average Bonchev–Trinajstić information content (AvgIpc) is 2.85. The number of hydrogen-bond donors (Lipinski definition) is 2. The topological polar surface area (TPSA) is 77.9 Å². The minimum absolute atomic E-state index is 0.0261. The fourth-order valence-corrected chi connectivity index (χ4v) is 5.27. The van der Waals surface area contributed by atoms with Crippen molar-refractivity contribution >= 4 is 52.2 Å².